The summed E-state index contributed by atoms with van der Waals surface area (Å²) in [5.74, 6) is -0.354. The fraction of sp³-hybridized carbons (Fsp3) is 0.909. The standard InChI is InChI=1S/C11H23N3O3S/c1-9(2)14-18(16,17)8-7-13-10(15)11(12)5-3-4-6-11/h9,14H,3-8,12H2,1-2H3,(H,13,15). The fourth-order valence-corrected chi connectivity index (χ4v) is 3.33. The zero-order chi connectivity index (χ0) is 13.8. The van der Waals surface area contributed by atoms with Crippen molar-refractivity contribution in [3.63, 3.8) is 0 Å². The molecule has 18 heavy (non-hydrogen) atoms. The molecule has 1 aliphatic carbocycles. The van der Waals surface area contributed by atoms with Gasteiger partial charge in [0.05, 0.1) is 11.3 Å². The molecule has 1 rings (SSSR count). The van der Waals surface area contributed by atoms with E-state index in [4.69, 9.17) is 5.73 Å². The third-order valence-electron chi connectivity index (χ3n) is 3.02. The van der Waals surface area contributed by atoms with Gasteiger partial charge in [-0.05, 0) is 26.7 Å². The van der Waals surface area contributed by atoms with Gasteiger partial charge >= 0.3 is 0 Å². The Morgan fingerprint density at radius 3 is 2.39 bits per heavy atom. The molecule has 0 aromatic rings. The van der Waals surface area contributed by atoms with Gasteiger partial charge in [-0.3, -0.25) is 4.79 Å². The van der Waals surface area contributed by atoms with Crippen molar-refractivity contribution in [2.24, 2.45) is 5.73 Å². The minimum atomic E-state index is -3.33. The molecule has 0 spiro atoms. The largest absolute Gasteiger partial charge is 0.353 e. The van der Waals surface area contributed by atoms with Gasteiger partial charge in [0, 0.05) is 12.6 Å². The average molecular weight is 277 g/mol. The number of hydrogen-bond acceptors (Lipinski definition) is 4. The van der Waals surface area contributed by atoms with Gasteiger partial charge in [-0.25, -0.2) is 13.1 Å². The van der Waals surface area contributed by atoms with Gasteiger partial charge in [0.1, 0.15) is 0 Å². The Kier molecular flexibility index (Phi) is 5.12. The second-order valence-electron chi connectivity index (χ2n) is 5.21. The lowest BCUT2D eigenvalue weighted by atomic mass is 9.98. The van der Waals surface area contributed by atoms with Crippen LogP contribution in [0.15, 0.2) is 0 Å². The molecule has 0 aromatic heterocycles. The molecule has 1 amide bonds. The first-order valence-electron chi connectivity index (χ1n) is 6.32. The van der Waals surface area contributed by atoms with Crippen LogP contribution in [-0.4, -0.2) is 38.2 Å². The van der Waals surface area contributed by atoms with E-state index in [-0.39, 0.29) is 24.2 Å². The van der Waals surface area contributed by atoms with Gasteiger partial charge in [-0.2, -0.15) is 0 Å². The lowest BCUT2D eigenvalue weighted by Crippen LogP contribution is -2.53. The minimum Gasteiger partial charge on any atom is -0.353 e. The Morgan fingerprint density at radius 2 is 1.89 bits per heavy atom. The molecule has 0 aromatic carbocycles. The van der Waals surface area contributed by atoms with Crippen LogP contribution in [0.25, 0.3) is 0 Å². The summed E-state index contributed by atoms with van der Waals surface area (Å²) in [7, 11) is -3.33. The molecule has 0 unspecified atom stereocenters. The fourth-order valence-electron chi connectivity index (χ4n) is 2.13. The lowest BCUT2D eigenvalue weighted by Gasteiger charge is -2.22. The summed E-state index contributed by atoms with van der Waals surface area (Å²) in [5, 5.41) is 2.61. The predicted octanol–water partition coefficient (Wildman–Crippen LogP) is -0.298. The van der Waals surface area contributed by atoms with Crippen LogP contribution < -0.4 is 15.8 Å². The summed E-state index contributed by atoms with van der Waals surface area (Å²) in [6.45, 7) is 3.60. The van der Waals surface area contributed by atoms with Crippen LogP contribution >= 0.6 is 0 Å². The summed E-state index contributed by atoms with van der Waals surface area (Å²) >= 11 is 0. The van der Waals surface area contributed by atoms with Crippen molar-refractivity contribution in [2.75, 3.05) is 12.3 Å². The number of amides is 1. The molecule has 0 saturated heterocycles. The Balaban J connectivity index is 2.36. The molecular formula is C11H23N3O3S. The van der Waals surface area contributed by atoms with Crippen LogP contribution in [0.4, 0.5) is 0 Å². The normalized spacial score (nSPS) is 19.1. The first-order valence-corrected chi connectivity index (χ1v) is 7.98. The summed E-state index contributed by atoms with van der Waals surface area (Å²) < 4.78 is 25.5. The van der Waals surface area contributed by atoms with Crippen molar-refractivity contribution in [3.8, 4) is 0 Å². The molecule has 0 aliphatic heterocycles. The molecule has 7 heteroatoms. The maximum absolute atomic E-state index is 11.8. The quantitative estimate of drug-likeness (QED) is 0.620. The lowest BCUT2D eigenvalue weighted by molar-refractivity contribution is -0.126. The number of rotatable bonds is 6. The van der Waals surface area contributed by atoms with Crippen molar-refractivity contribution in [1.29, 1.82) is 0 Å². The topological polar surface area (TPSA) is 101 Å². The molecule has 0 atom stereocenters. The summed E-state index contributed by atoms with van der Waals surface area (Å²) in [6.07, 6.45) is 3.26. The number of nitrogens with one attached hydrogen (secondary N) is 2. The van der Waals surface area contributed by atoms with Crippen LogP contribution in [0.2, 0.25) is 0 Å². The summed E-state index contributed by atoms with van der Waals surface area (Å²) in [6, 6.07) is -0.138. The molecule has 106 valence electrons. The molecule has 1 fully saturated rings. The highest BCUT2D eigenvalue weighted by molar-refractivity contribution is 7.89. The van der Waals surface area contributed by atoms with Crippen molar-refractivity contribution in [2.45, 2.75) is 51.1 Å². The summed E-state index contributed by atoms with van der Waals surface area (Å²) in [4.78, 5) is 11.8. The number of carbonyl (C=O) groups excluding carboxylic acids is 1. The van der Waals surface area contributed by atoms with Gasteiger partial charge in [-0.1, -0.05) is 12.8 Å². The van der Waals surface area contributed by atoms with E-state index in [9.17, 15) is 13.2 Å². The van der Waals surface area contributed by atoms with Crippen molar-refractivity contribution >= 4 is 15.9 Å². The molecular weight excluding hydrogens is 254 g/mol. The zero-order valence-electron chi connectivity index (χ0n) is 11.0. The first kappa shape index (κ1) is 15.4. The van der Waals surface area contributed by atoms with Crippen LogP contribution in [-0.2, 0) is 14.8 Å². The smallest absolute Gasteiger partial charge is 0.240 e. The Morgan fingerprint density at radius 1 is 1.33 bits per heavy atom. The van der Waals surface area contributed by atoms with E-state index in [1.807, 2.05) is 0 Å². The van der Waals surface area contributed by atoms with Gasteiger partial charge in [0.2, 0.25) is 15.9 Å². The maximum Gasteiger partial charge on any atom is 0.240 e. The second kappa shape index (κ2) is 5.99. The molecule has 1 aliphatic rings. The highest BCUT2D eigenvalue weighted by Crippen LogP contribution is 2.26. The Labute approximate surface area is 109 Å². The summed E-state index contributed by atoms with van der Waals surface area (Å²) in [5.41, 5.74) is 5.16. The van der Waals surface area contributed by atoms with Gasteiger partial charge in [0.15, 0.2) is 0 Å². The Bertz CT molecular complexity index is 386. The van der Waals surface area contributed by atoms with Crippen molar-refractivity contribution in [3.05, 3.63) is 0 Å². The van der Waals surface area contributed by atoms with E-state index < -0.39 is 15.6 Å². The zero-order valence-corrected chi connectivity index (χ0v) is 11.8. The molecule has 6 nitrogen and oxygen atoms in total. The molecule has 0 radical (unpaired) electrons. The van der Waals surface area contributed by atoms with Crippen molar-refractivity contribution < 1.29 is 13.2 Å². The average Bonchev–Trinajstić information content (AvgIpc) is 2.64. The maximum atomic E-state index is 11.8. The number of carbonyl (C=O) groups is 1. The first-order chi connectivity index (χ1) is 8.25. The monoisotopic (exact) mass is 277 g/mol. The van der Waals surface area contributed by atoms with E-state index in [1.165, 1.54) is 0 Å². The van der Waals surface area contributed by atoms with Gasteiger partial charge < -0.3 is 11.1 Å². The second-order valence-corrected chi connectivity index (χ2v) is 7.08. The highest BCUT2D eigenvalue weighted by atomic mass is 32.2. The Hall–Kier alpha value is -0.660. The SMILES string of the molecule is CC(C)NS(=O)(=O)CCNC(=O)C1(N)CCCC1. The van der Waals surface area contributed by atoms with Crippen LogP contribution in [0.3, 0.4) is 0 Å². The molecule has 1 saturated carbocycles. The number of sulfonamides is 1. The van der Waals surface area contributed by atoms with E-state index in [0.29, 0.717) is 12.8 Å². The third kappa shape index (κ3) is 4.55. The molecule has 0 heterocycles. The van der Waals surface area contributed by atoms with Gasteiger partial charge in [-0.15, -0.1) is 0 Å². The van der Waals surface area contributed by atoms with Crippen LogP contribution in [0.1, 0.15) is 39.5 Å². The number of hydrogen-bond donors (Lipinski definition) is 3. The van der Waals surface area contributed by atoms with Crippen LogP contribution in [0.5, 0.6) is 0 Å². The van der Waals surface area contributed by atoms with Crippen molar-refractivity contribution in [1.82, 2.24) is 10.0 Å². The van der Waals surface area contributed by atoms with Gasteiger partial charge in [0.25, 0.3) is 0 Å². The van der Waals surface area contributed by atoms with E-state index in [1.54, 1.807) is 13.8 Å². The highest BCUT2D eigenvalue weighted by Gasteiger charge is 2.36. The predicted molar refractivity (Wildman–Crippen MR) is 70.5 cm³/mol. The number of nitrogens with two attached hydrogens (primary N) is 1. The molecule has 4 N–H and O–H groups in total. The van der Waals surface area contributed by atoms with E-state index >= 15 is 0 Å². The minimum absolute atomic E-state index is 0.0971. The van der Waals surface area contributed by atoms with E-state index in [2.05, 4.69) is 10.0 Å². The van der Waals surface area contributed by atoms with Crippen LogP contribution in [0, 0.1) is 0 Å². The molecule has 0 bridgehead atoms. The third-order valence-corrected chi connectivity index (χ3v) is 4.59. The van der Waals surface area contributed by atoms with E-state index in [0.717, 1.165) is 12.8 Å².